The lowest BCUT2D eigenvalue weighted by Gasteiger charge is -2.32. The Bertz CT molecular complexity index is 1190. The van der Waals surface area contributed by atoms with Gasteiger partial charge < -0.3 is 21.5 Å². The lowest BCUT2D eigenvalue weighted by atomic mass is 9.95. The van der Waals surface area contributed by atoms with E-state index in [0.717, 1.165) is 43.6 Å². The Morgan fingerprint density at radius 1 is 1.14 bits per heavy atom. The number of hydrogen-bond acceptors (Lipinski definition) is 8. The number of carbonyl (C=O) groups is 3. The Labute approximate surface area is 211 Å². The molecular weight excluding hydrogens is 486 g/mol. The summed E-state index contributed by atoms with van der Waals surface area (Å²) in [7, 11) is 1.55. The number of aromatic nitrogens is 1. The Hall–Kier alpha value is -3.44. The average molecular weight is 514 g/mol. The molecule has 5 N–H and O–H groups in total. The van der Waals surface area contributed by atoms with Crippen LogP contribution in [0.4, 0.5) is 11.4 Å². The first-order chi connectivity index (χ1) is 16.9. The van der Waals surface area contributed by atoms with Crippen molar-refractivity contribution < 1.29 is 19.1 Å². The molecule has 0 saturated heterocycles. The maximum absolute atomic E-state index is 13.9. The zero-order valence-corrected chi connectivity index (χ0v) is 20.9. The Morgan fingerprint density at radius 3 is 2.43 bits per heavy atom. The zero-order chi connectivity index (χ0) is 24.9. The standard InChI is InChI=1S/C24H27N5O4S2/c1-33-16-11-9-15(10-12-16)29(24(32)21-18(25)19(22(26)30)28-35-21)20(17-8-5-13-34-17)23(31)27-14-6-3-2-4-7-14/h5,8-14,20H,2-4,6-7,25H2,1H3,(H2,26,30)(H,27,31)/t20-/m0/s1. The number of hydrogen-bond donors (Lipinski definition) is 3. The molecule has 1 aliphatic rings. The molecule has 1 fully saturated rings. The predicted molar refractivity (Wildman–Crippen MR) is 137 cm³/mol. The van der Waals surface area contributed by atoms with Gasteiger partial charge in [-0.1, -0.05) is 25.3 Å². The minimum atomic E-state index is -0.948. The molecule has 3 aromatic rings. The van der Waals surface area contributed by atoms with E-state index in [1.807, 2.05) is 17.5 Å². The van der Waals surface area contributed by atoms with Crippen LogP contribution in [-0.2, 0) is 4.79 Å². The van der Waals surface area contributed by atoms with Crippen molar-refractivity contribution in [1.29, 1.82) is 0 Å². The van der Waals surface area contributed by atoms with E-state index in [9.17, 15) is 14.4 Å². The fraction of sp³-hybridized carbons (Fsp3) is 0.333. The maximum atomic E-state index is 13.9. The summed E-state index contributed by atoms with van der Waals surface area (Å²) >= 11 is 2.17. The van der Waals surface area contributed by atoms with Crippen LogP contribution in [-0.4, -0.2) is 35.2 Å². The van der Waals surface area contributed by atoms with Gasteiger partial charge in [0, 0.05) is 16.6 Å². The van der Waals surface area contributed by atoms with Crippen LogP contribution in [0.15, 0.2) is 41.8 Å². The smallest absolute Gasteiger partial charge is 0.273 e. The second kappa shape index (κ2) is 10.9. The molecule has 3 amide bonds. The van der Waals surface area contributed by atoms with Crippen molar-refractivity contribution in [3.63, 3.8) is 0 Å². The SMILES string of the molecule is COc1ccc(N(C(=O)c2snc(C(N)=O)c2N)[C@H](C(=O)NC2CCCCC2)c2cccs2)cc1. The largest absolute Gasteiger partial charge is 0.497 e. The number of nitrogens with two attached hydrogens (primary N) is 2. The van der Waals surface area contributed by atoms with Crippen LogP contribution in [0.1, 0.15) is 63.2 Å². The summed E-state index contributed by atoms with van der Waals surface area (Å²) < 4.78 is 9.24. The van der Waals surface area contributed by atoms with Crippen molar-refractivity contribution in [3.05, 3.63) is 57.2 Å². The zero-order valence-electron chi connectivity index (χ0n) is 19.2. The summed E-state index contributed by atoms with van der Waals surface area (Å²) in [5.74, 6) is -1.04. The number of ether oxygens (including phenoxy) is 1. The fourth-order valence-corrected chi connectivity index (χ4v) is 5.77. The number of thiophene rings is 1. The molecule has 0 aliphatic heterocycles. The van der Waals surface area contributed by atoms with Crippen LogP contribution in [0.25, 0.3) is 0 Å². The molecule has 11 heteroatoms. The molecule has 2 heterocycles. The highest BCUT2D eigenvalue weighted by atomic mass is 32.1. The molecule has 35 heavy (non-hydrogen) atoms. The van der Waals surface area contributed by atoms with E-state index in [0.29, 0.717) is 16.3 Å². The predicted octanol–water partition coefficient (Wildman–Crippen LogP) is 3.73. The van der Waals surface area contributed by atoms with E-state index in [1.165, 1.54) is 16.2 Å². The van der Waals surface area contributed by atoms with Crippen LogP contribution in [0.2, 0.25) is 0 Å². The van der Waals surface area contributed by atoms with Crippen LogP contribution in [0.5, 0.6) is 5.75 Å². The number of rotatable bonds is 8. The van der Waals surface area contributed by atoms with Gasteiger partial charge in [0.05, 0.1) is 12.8 Å². The lowest BCUT2D eigenvalue weighted by Crippen LogP contribution is -2.47. The minimum Gasteiger partial charge on any atom is -0.497 e. The topological polar surface area (TPSA) is 141 Å². The average Bonchev–Trinajstić information content (AvgIpc) is 3.52. The van der Waals surface area contributed by atoms with E-state index >= 15 is 0 Å². The van der Waals surface area contributed by atoms with Crippen molar-refractivity contribution >= 4 is 52.0 Å². The molecule has 2 aromatic heterocycles. The number of carbonyl (C=O) groups excluding carboxylic acids is 3. The van der Waals surface area contributed by atoms with Crippen molar-refractivity contribution in [2.45, 2.75) is 44.2 Å². The number of nitrogens with one attached hydrogen (secondary N) is 1. The fourth-order valence-electron chi connectivity index (χ4n) is 4.21. The van der Waals surface area contributed by atoms with E-state index in [4.69, 9.17) is 16.2 Å². The van der Waals surface area contributed by atoms with Gasteiger partial charge in [-0.3, -0.25) is 19.3 Å². The molecule has 1 saturated carbocycles. The maximum Gasteiger partial charge on any atom is 0.273 e. The second-order valence-corrected chi connectivity index (χ2v) is 10.0. The summed E-state index contributed by atoms with van der Waals surface area (Å²) in [6.45, 7) is 0. The quantitative estimate of drug-likeness (QED) is 0.419. The highest BCUT2D eigenvalue weighted by molar-refractivity contribution is 7.10. The van der Waals surface area contributed by atoms with Crippen molar-refractivity contribution in [3.8, 4) is 5.75 Å². The first-order valence-electron chi connectivity index (χ1n) is 11.3. The van der Waals surface area contributed by atoms with Crippen LogP contribution in [0.3, 0.4) is 0 Å². The number of methoxy groups -OCH3 is 1. The Morgan fingerprint density at radius 2 is 1.86 bits per heavy atom. The number of amides is 3. The highest BCUT2D eigenvalue weighted by Gasteiger charge is 2.37. The normalized spacial score (nSPS) is 14.8. The van der Waals surface area contributed by atoms with Gasteiger partial charge in [0.2, 0.25) is 5.91 Å². The first kappa shape index (κ1) is 24.7. The Balaban J connectivity index is 1.79. The molecule has 1 aliphatic carbocycles. The van der Waals surface area contributed by atoms with Crippen molar-refractivity contribution in [2.24, 2.45) is 5.73 Å². The summed E-state index contributed by atoms with van der Waals surface area (Å²) in [5, 5.41) is 5.02. The van der Waals surface area contributed by atoms with Crippen LogP contribution >= 0.6 is 22.9 Å². The molecule has 0 bridgehead atoms. The molecule has 0 radical (unpaired) electrons. The van der Waals surface area contributed by atoms with Crippen LogP contribution < -0.4 is 26.4 Å². The number of nitrogen functional groups attached to an aromatic ring is 1. The molecule has 4 rings (SSSR count). The van der Waals surface area contributed by atoms with E-state index in [2.05, 4.69) is 9.69 Å². The minimum absolute atomic E-state index is 0.0432. The molecule has 184 valence electrons. The number of primary amides is 1. The van der Waals surface area contributed by atoms with Gasteiger partial charge >= 0.3 is 0 Å². The molecule has 0 unspecified atom stereocenters. The number of nitrogens with zero attached hydrogens (tertiary/aromatic N) is 2. The van der Waals surface area contributed by atoms with E-state index < -0.39 is 17.9 Å². The third kappa shape index (κ3) is 5.30. The van der Waals surface area contributed by atoms with Crippen molar-refractivity contribution in [1.82, 2.24) is 9.69 Å². The lowest BCUT2D eigenvalue weighted by molar-refractivity contribution is -0.123. The van der Waals surface area contributed by atoms with Gasteiger partial charge in [0.25, 0.3) is 11.8 Å². The summed E-state index contributed by atoms with van der Waals surface area (Å²) in [6.07, 6.45) is 5.09. The number of benzene rings is 1. The summed E-state index contributed by atoms with van der Waals surface area (Å²) in [6, 6.07) is 9.61. The van der Waals surface area contributed by atoms with Gasteiger partial charge in [-0.15, -0.1) is 11.3 Å². The molecule has 1 atom stereocenters. The summed E-state index contributed by atoms with van der Waals surface area (Å²) in [5.41, 5.74) is 11.7. The molecule has 9 nitrogen and oxygen atoms in total. The number of anilines is 2. The van der Waals surface area contributed by atoms with Crippen molar-refractivity contribution in [2.75, 3.05) is 17.7 Å². The van der Waals surface area contributed by atoms with Crippen LogP contribution in [0, 0.1) is 0 Å². The molecular formula is C24H27N5O4S2. The monoisotopic (exact) mass is 513 g/mol. The third-order valence-corrected chi connectivity index (χ3v) is 7.77. The molecule has 1 aromatic carbocycles. The first-order valence-corrected chi connectivity index (χ1v) is 12.9. The highest BCUT2D eigenvalue weighted by Crippen LogP contribution is 2.35. The van der Waals surface area contributed by atoms with Gasteiger partial charge in [-0.05, 0) is 60.1 Å². The van der Waals surface area contributed by atoms with E-state index in [-0.39, 0.29) is 28.2 Å². The van der Waals surface area contributed by atoms with Gasteiger partial charge in [0.1, 0.15) is 10.6 Å². The third-order valence-electron chi connectivity index (χ3n) is 6.00. The Kier molecular flexibility index (Phi) is 7.67. The van der Waals surface area contributed by atoms with Gasteiger partial charge in [0.15, 0.2) is 11.7 Å². The summed E-state index contributed by atoms with van der Waals surface area (Å²) in [4.78, 5) is 41.5. The van der Waals surface area contributed by atoms with Gasteiger partial charge in [-0.25, -0.2) is 0 Å². The van der Waals surface area contributed by atoms with Gasteiger partial charge in [-0.2, -0.15) is 4.37 Å². The molecule has 0 spiro atoms. The second-order valence-electron chi connectivity index (χ2n) is 8.27. The van der Waals surface area contributed by atoms with E-state index in [1.54, 1.807) is 31.4 Å².